The molecule has 1 aliphatic heterocycles. The summed E-state index contributed by atoms with van der Waals surface area (Å²) in [7, 11) is 3.98. The van der Waals surface area contributed by atoms with E-state index in [0.717, 1.165) is 51.0 Å². The molecule has 0 bridgehead atoms. The van der Waals surface area contributed by atoms with Gasteiger partial charge in [-0.2, -0.15) is 0 Å². The minimum absolute atomic E-state index is 0.445. The monoisotopic (exact) mass is 412 g/mol. The average Bonchev–Trinajstić information content (AvgIpc) is 2.75. The zero-order chi connectivity index (χ0) is 20.5. The number of thioether (sulfide) groups is 1. The first-order chi connectivity index (χ1) is 14.1. The largest absolute Gasteiger partial charge is 0.355 e. The molecule has 1 aromatic carbocycles. The number of aromatic nitrogens is 1. The molecule has 1 atom stereocenters. The second-order valence-electron chi connectivity index (χ2n) is 7.36. The number of anilines is 1. The molecule has 1 fully saturated rings. The quantitative estimate of drug-likeness (QED) is 0.414. The first-order valence-corrected chi connectivity index (χ1v) is 11.1. The van der Waals surface area contributed by atoms with Crippen LogP contribution in [0.15, 0.2) is 58.5 Å². The molecule has 2 aromatic rings. The molecule has 7 heteroatoms. The number of benzene rings is 1. The molecule has 2 N–H and O–H groups in total. The summed E-state index contributed by atoms with van der Waals surface area (Å²) in [5.41, 5.74) is 1.21. The van der Waals surface area contributed by atoms with Gasteiger partial charge in [-0.25, -0.2) is 4.98 Å². The van der Waals surface area contributed by atoms with E-state index in [1.807, 2.05) is 31.1 Å². The summed E-state index contributed by atoms with van der Waals surface area (Å²) in [6, 6.07) is 14.7. The number of nitrogens with one attached hydrogen (secondary N) is 2. The Bertz CT molecular complexity index is 774. The van der Waals surface area contributed by atoms with E-state index >= 15 is 0 Å². The van der Waals surface area contributed by atoms with E-state index in [4.69, 9.17) is 0 Å². The van der Waals surface area contributed by atoms with Crippen LogP contribution in [-0.4, -0.2) is 67.9 Å². The van der Waals surface area contributed by atoms with Crippen molar-refractivity contribution in [2.24, 2.45) is 4.99 Å². The number of hydrogen-bond donors (Lipinski definition) is 2. The fraction of sp³-hybridized carbons (Fsp3) is 0.455. The predicted molar refractivity (Wildman–Crippen MR) is 124 cm³/mol. The van der Waals surface area contributed by atoms with Crippen LogP contribution in [0.25, 0.3) is 0 Å². The lowest BCUT2D eigenvalue weighted by atomic mass is 10.2. The number of rotatable bonds is 7. The van der Waals surface area contributed by atoms with Crippen molar-refractivity contribution >= 4 is 23.5 Å². The van der Waals surface area contributed by atoms with Crippen LogP contribution in [0.4, 0.5) is 5.82 Å². The highest BCUT2D eigenvalue weighted by Crippen LogP contribution is 2.21. The van der Waals surface area contributed by atoms with Crippen molar-refractivity contribution in [3.8, 4) is 0 Å². The molecule has 1 unspecified atom stereocenters. The van der Waals surface area contributed by atoms with E-state index in [1.54, 1.807) is 0 Å². The average molecular weight is 413 g/mol. The Morgan fingerprint density at radius 3 is 2.62 bits per heavy atom. The summed E-state index contributed by atoms with van der Waals surface area (Å²) < 4.78 is 0. The van der Waals surface area contributed by atoms with Gasteiger partial charge in [0.2, 0.25) is 0 Å². The van der Waals surface area contributed by atoms with Crippen molar-refractivity contribution in [3.63, 3.8) is 0 Å². The predicted octanol–water partition coefficient (Wildman–Crippen LogP) is 2.68. The van der Waals surface area contributed by atoms with E-state index in [0.29, 0.717) is 5.25 Å². The van der Waals surface area contributed by atoms with Gasteiger partial charge in [-0.05, 0) is 36.9 Å². The zero-order valence-corrected chi connectivity index (χ0v) is 18.5. The molecule has 3 rings (SSSR count). The van der Waals surface area contributed by atoms with Gasteiger partial charge >= 0.3 is 0 Å². The van der Waals surface area contributed by atoms with Gasteiger partial charge in [0.05, 0.1) is 0 Å². The maximum absolute atomic E-state index is 4.57. The van der Waals surface area contributed by atoms with Crippen molar-refractivity contribution in [1.82, 2.24) is 20.5 Å². The Hall–Kier alpha value is -2.25. The molecule has 0 saturated carbocycles. The summed E-state index contributed by atoms with van der Waals surface area (Å²) in [5, 5.41) is 7.29. The normalized spacial score (nSPS) is 16.5. The lowest BCUT2D eigenvalue weighted by Crippen LogP contribution is -2.44. The Labute approximate surface area is 178 Å². The number of nitrogens with zero attached hydrogens (tertiary/aromatic N) is 4. The smallest absolute Gasteiger partial charge is 0.191 e. The van der Waals surface area contributed by atoms with Crippen LogP contribution < -0.4 is 15.5 Å². The van der Waals surface area contributed by atoms with Crippen LogP contribution in [0.5, 0.6) is 0 Å². The molecule has 1 saturated heterocycles. The lowest BCUT2D eigenvalue weighted by Gasteiger charge is -2.33. The number of aliphatic imine (C=N–C) groups is 1. The minimum Gasteiger partial charge on any atom is -0.355 e. The molecular formula is C22H32N6S. The standard InChI is InChI=1S/C22H32N6S/c1-18(29-20-7-5-4-6-8-20)16-25-22(23-2)26-17-19-9-10-24-21(15-19)28-13-11-27(3)12-14-28/h4-10,15,18H,11-14,16-17H2,1-3H3,(H2,23,25,26). The lowest BCUT2D eigenvalue weighted by molar-refractivity contribution is 0.312. The molecule has 0 aliphatic carbocycles. The van der Waals surface area contributed by atoms with Gasteiger partial charge in [0, 0.05) is 62.7 Å². The Morgan fingerprint density at radius 2 is 1.90 bits per heavy atom. The fourth-order valence-electron chi connectivity index (χ4n) is 3.20. The molecular weight excluding hydrogens is 380 g/mol. The van der Waals surface area contributed by atoms with Crippen LogP contribution >= 0.6 is 11.8 Å². The van der Waals surface area contributed by atoms with Gasteiger partial charge in [-0.1, -0.05) is 25.1 Å². The summed E-state index contributed by atoms with van der Waals surface area (Å²) in [6.07, 6.45) is 1.90. The van der Waals surface area contributed by atoms with E-state index in [9.17, 15) is 0 Å². The van der Waals surface area contributed by atoms with Crippen molar-refractivity contribution < 1.29 is 0 Å². The first kappa shape index (κ1) is 21.5. The van der Waals surface area contributed by atoms with Gasteiger partial charge in [0.1, 0.15) is 5.82 Å². The van der Waals surface area contributed by atoms with Crippen LogP contribution in [0.3, 0.4) is 0 Å². The second kappa shape index (κ2) is 11.1. The highest BCUT2D eigenvalue weighted by atomic mass is 32.2. The Morgan fingerprint density at radius 1 is 1.14 bits per heavy atom. The third-order valence-corrected chi connectivity index (χ3v) is 6.07. The van der Waals surface area contributed by atoms with Gasteiger partial charge in [-0.3, -0.25) is 4.99 Å². The maximum atomic E-state index is 4.57. The van der Waals surface area contributed by atoms with Gasteiger partial charge in [0.25, 0.3) is 0 Å². The van der Waals surface area contributed by atoms with Gasteiger partial charge in [0.15, 0.2) is 5.96 Å². The van der Waals surface area contributed by atoms with Crippen molar-refractivity contribution in [1.29, 1.82) is 0 Å². The first-order valence-electron chi connectivity index (χ1n) is 10.2. The molecule has 6 nitrogen and oxygen atoms in total. The summed E-state index contributed by atoms with van der Waals surface area (Å²) in [5.74, 6) is 1.89. The van der Waals surface area contributed by atoms with Crippen LogP contribution in [0.2, 0.25) is 0 Å². The molecule has 1 aliphatic rings. The fourth-order valence-corrected chi connectivity index (χ4v) is 4.14. The summed E-state index contributed by atoms with van der Waals surface area (Å²) in [4.78, 5) is 14.9. The van der Waals surface area contributed by atoms with Crippen LogP contribution in [0, 0.1) is 0 Å². The number of guanidine groups is 1. The third-order valence-electron chi connectivity index (χ3n) is 4.96. The molecule has 0 spiro atoms. The van der Waals surface area contributed by atoms with E-state index in [-0.39, 0.29) is 0 Å². The van der Waals surface area contributed by atoms with Crippen molar-refractivity contribution in [3.05, 3.63) is 54.2 Å². The van der Waals surface area contributed by atoms with Crippen LogP contribution in [-0.2, 0) is 6.54 Å². The van der Waals surface area contributed by atoms with Crippen LogP contribution in [0.1, 0.15) is 12.5 Å². The minimum atomic E-state index is 0.445. The highest BCUT2D eigenvalue weighted by molar-refractivity contribution is 8.00. The summed E-state index contributed by atoms with van der Waals surface area (Å²) >= 11 is 1.87. The third kappa shape index (κ3) is 6.94. The second-order valence-corrected chi connectivity index (χ2v) is 8.87. The van der Waals surface area contributed by atoms with Gasteiger partial charge in [-0.15, -0.1) is 11.8 Å². The molecule has 0 amide bonds. The summed E-state index contributed by atoms with van der Waals surface area (Å²) in [6.45, 7) is 8.02. The topological polar surface area (TPSA) is 55.8 Å². The molecule has 29 heavy (non-hydrogen) atoms. The SMILES string of the molecule is CN=C(NCc1ccnc(N2CCN(C)CC2)c1)NCC(C)Sc1ccccc1. The van der Waals surface area contributed by atoms with Crippen molar-refractivity contribution in [2.45, 2.75) is 23.6 Å². The Balaban J connectivity index is 1.46. The van der Waals surface area contributed by atoms with Gasteiger partial charge < -0.3 is 20.4 Å². The highest BCUT2D eigenvalue weighted by Gasteiger charge is 2.15. The van der Waals surface area contributed by atoms with E-state index in [2.05, 4.69) is 80.8 Å². The number of likely N-dealkylation sites (N-methyl/N-ethyl adjacent to an activating group) is 1. The molecule has 156 valence electrons. The molecule has 2 heterocycles. The maximum Gasteiger partial charge on any atom is 0.191 e. The van der Waals surface area contributed by atoms with Crippen molar-refractivity contribution in [2.75, 3.05) is 51.7 Å². The molecule has 0 radical (unpaired) electrons. The van der Waals surface area contributed by atoms with E-state index in [1.165, 1.54) is 10.5 Å². The zero-order valence-electron chi connectivity index (χ0n) is 17.6. The van der Waals surface area contributed by atoms with E-state index < -0.39 is 0 Å². The number of piperazine rings is 1. The molecule has 1 aromatic heterocycles. The Kier molecular flexibility index (Phi) is 8.19. The number of hydrogen-bond acceptors (Lipinski definition) is 5. The number of pyridine rings is 1.